The van der Waals surface area contributed by atoms with Crippen LogP contribution in [-0.4, -0.2) is 28.0 Å². The maximum Gasteiger partial charge on any atom is 0.185 e. The van der Waals surface area contributed by atoms with Gasteiger partial charge in [-0.05, 0) is 91.6 Å². The summed E-state index contributed by atoms with van der Waals surface area (Å²) >= 11 is 0. The van der Waals surface area contributed by atoms with E-state index in [9.17, 15) is 0 Å². The monoisotopic (exact) mass is 694 g/mol. The zero-order chi connectivity index (χ0) is 35.5. The summed E-state index contributed by atoms with van der Waals surface area (Å²) in [6, 6.07) is 68.4. The molecule has 0 fully saturated rings. The van der Waals surface area contributed by atoms with E-state index in [0.717, 1.165) is 45.3 Å². The van der Waals surface area contributed by atoms with Gasteiger partial charge in [0.2, 0.25) is 0 Å². The van der Waals surface area contributed by atoms with E-state index in [2.05, 4.69) is 158 Å². The van der Waals surface area contributed by atoms with Crippen molar-refractivity contribution < 1.29 is 0 Å². The van der Waals surface area contributed by atoms with Gasteiger partial charge in [0.1, 0.15) is 0 Å². The van der Waals surface area contributed by atoms with Crippen LogP contribution in [0.2, 0.25) is 0 Å². The van der Waals surface area contributed by atoms with E-state index in [0.29, 0.717) is 0 Å². The minimum absolute atomic E-state index is 0.831. The van der Waals surface area contributed by atoms with Gasteiger partial charge in [-0.3, -0.25) is 9.97 Å². The Kier molecular flexibility index (Phi) is 8.52. The molecule has 5 heteroatoms. The largest absolute Gasteiger partial charge is 0.255 e. The fourth-order valence-electron chi connectivity index (χ4n) is 7.76. The fourth-order valence-corrected chi connectivity index (χ4v) is 13.2. The molecular weight excluding hydrogens is 661 g/mol. The fraction of sp³-hybridized carbons (Fsp3) is 0. The minimum Gasteiger partial charge on any atom is -0.255 e. The highest BCUT2D eigenvalue weighted by Crippen LogP contribution is 2.55. The smallest absolute Gasteiger partial charge is 0.185 e. The lowest BCUT2D eigenvalue weighted by Crippen LogP contribution is -2.60. The van der Waals surface area contributed by atoms with Crippen LogP contribution in [0.25, 0.3) is 44.3 Å². The quantitative estimate of drug-likeness (QED) is 0.149. The summed E-state index contributed by atoms with van der Waals surface area (Å²) < 4.78 is 0. The molecule has 250 valence electrons. The summed E-state index contributed by atoms with van der Waals surface area (Å²) in [7, 11) is -3.27. The van der Waals surface area contributed by atoms with Crippen LogP contribution in [0, 0.1) is 0 Å². The van der Waals surface area contributed by atoms with E-state index in [1.807, 2.05) is 48.8 Å². The van der Waals surface area contributed by atoms with Crippen LogP contribution < -0.4 is 10.4 Å². The number of pyridine rings is 4. The Bertz CT molecular complexity index is 2390. The molecule has 0 aliphatic carbocycles. The molecule has 0 amide bonds. The van der Waals surface area contributed by atoms with Crippen molar-refractivity contribution in [3.05, 3.63) is 229 Å². The normalized spacial score (nSPS) is 13.7. The maximum absolute atomic E-state index is 5.53. The molecule has 4 aromatic carbocycles. The van der Waals surface area contributed by atoms with Crippen LogP contribution in [0.15, 0.2) is 207 Å². The van der Waals surface area contributed by atoms with Crippen molar-refractivity contribution in [2.45, 2.75) is 0 Å². The summed E-state index contributed by atoms with van der Waals surface area (Å²) in [5, 5.41) is 4.95. The highest BCUT2D eigenvalue weighted by Gasteiger charge is 2.54. The molecular formula is C48H34N4Si. The van der Waals surface area contributed by atoms with E-state index in [1.54, 1.807) is 0 Å². The number of hydrogen-bond donors (Lipinski definition) is 0. The van der Waals surface area contributed by atoms with Crippen molar-refractivity contribution in [1.29, 1.82) is 0 Å². The number of allylic oxidation sites excluding steroid dienone is 2. The summed E-state index contributed by atoms with van der Waals surface area (Å²) in [5.41, 5.74) is 9.78. The number of hydrogen-bond acceptors (Lipinski definition) is 4. The second-order valence-electron chi connectivity index (χ2n) is 13.0. The van der Waals surface area contributed by atoms with Crippen molar-refractivity contribution in [1.82, 2.24) is 19.9 Å². The Morgan fingerprint density at radius 1 is 0.283 bits per heavy atom. The van der Waals surface area contributed by atoms with Crippen LogP contribution in [-0.2, 0) is 0 Å². The first-order valence-electron chi connectivity index (χ1n) is 17.8. The predicted octanol–water partition coefficient (Wildman–Crippen LogP) is 9.48. The average molecular weight is 695 g/mol. The molecule has 5 heterocycles. The Morgan fingerprint density at radius 2 is 0.623 bits per heavy atom. The van der Waals surface area contributed by atoms with Gasteiger partial charge in [0, 0.05) is 12.4 Å². The third-order valence-corrected chi connectivity index (χ3v) is 14.8. The molecule has 0 N–H and O–H groups in total. The predicted molar refractivity (Wildman–Crippen MR) is 219 cm³/mol. The van der Waals surface area contributed by atoms with Gasteiger partial charge in [0.05, 0.1) is 34.2 Å². The minimum atomic E-state index is -3.27. The molecule has 53 heavy (non-hydrogen) atoms. The zero-order valence-electron chi connectivity index (χ0n) is 28.9. The standard InChI is InChI=1S/C48H34N4Si/c1-5-19-35(20-6-1)45-46(36-21-7-2-8-22-36)48(44-32-18-30-42(52-44)40-28-14-16-34-50-40)53(37-23-9-3-10-24-37,38-25-11-4-12-26-38)47(45)43-31-17-29-41(51-43)39-27-13-15-33-49-39/h1-34H. The van der Waals surface area contributed by atoms with Gasteiger partial charge >= 0.3 is 0 Å². The molecule has 9 rings (SSSR count). The lowest BCUT2D eigenvalue weighted by atomic mass is 9.90. The molecule has 1 aliphatic rings. The van der Waals surface area contributed by atoms with Crippen molar-refractivity contribution in [3.8, 4) is 22.8 Å². The molecule has 0 saturated heterocycles. The molecule has 0 spiro atoms. The molecule has 0 atom stereocenters. The van der Waals surface area contributed by atoms with Gasteiger partial charge in [-0.15, -0.1) is 0 Å². The van der Waals surface area contributed by atoms with Gasteiger partial charge in [0.25, 0.3) is 0 Å². The van der Waals surface area contributed by atoms with Crippen molar-refractivity contribution in [2.24, 2.45) is 0 Å². The summed E-state index contributed by atoms with van der Waals surface area (Å²) in [6.07, 6.45) is 3.66. The Hall–Kier alpha value is -6.82. The van der Waals surface area contributed by atoms with Crippen LogP contribution >= 0.6 is 0 Å². The summed E-state index contributed by atoms with van der Waals surface area (Å²) in [6.45, 7) is 0. The molecule has 0 bridgehead atoms. The number of rotatable bonds is 8. The van der Waals surface area contributed by atoms with Gasteiger partial charge in [-0.2, -0.15) is 0 Å². The van der Waals surface area contributed by atoms with Crippen LogP contribution in [0.3, 0.4) is 0 Å². The number of benzene rings is 4. The molecule has 0 unspecified atom stereocenters. The highest BCUT2D eigenvalue weighted by molar-refractivity contribution is 7.29. The first-order valence-corrected chi connectivity index (χ1v) is 19.8. The Balaban J connectivity index is 1.49. The van der Waals surface area contributed by atoms with Gasteiger partial charge < -0.3 is 0 Å². The first kappa shape index (κ1) is 32.1. The van der Waals surface area contributed by atoms with Gasteiger partial charge in [-0.1, -0.05) is 146 Å². The molecule has 8 aromatic rings. The van der Waals surface area contributed by atoms with Crippen molar-refractivity contribution >= 4 is 40.0 Å². The second kappa shape index (κ2) is 14.1. The van der Waals surface area contributed by atoms with Gasteiger partial charge in [-0.25, -0.2) is 9.97 Å². The second-order valence-corrected chi connectivity index (χ2v) is 16.6. The third-order valence-electron chi connectivity index (χ3n) is 9.90. The molecule has 4 nitrogen and oxygen atoms in total. The van der Waals surface area contributed by atoms with E-state index in [1.165, 1.54) is 31.9 Å². The molecule has 4 aromatic heterocycles. The summed E-state index contributed by atoms with van der Waals surface area (Å²) in [4.78, 5) is 20.5. The maximum atomic E-state index is 5.53. The lowest BCUT2D eigenvalue weighted by molar-refractivity contribution is 1.23. The molecule has 0 saturated carbocycles. The lowest BCUT2D eigenvalue weighted by Gasteiger charge is -2.35. The average Bonchev–Trinajstić information content (AvgIpc) is 3.59. The van der Waals surface area contributed by atoms with Crippen molar-refractivity contribution in [3.63, 3.8) is 0 Å². The zero-order valence-corrected chi connectivity index (χ0v) is 29.9. The van der Waals surface area contributed by atoms with E-state index < -0.39 is 8.07 Å². The van der Waals surface area contributed by atoms with Gasteiger partial charge in [0.15, 0.2) is 8.07 Å². The SMILES string of the molecule is c1ccc(C2=C(c3cccc(-c4ccccn4)n3)[Si](c3ccccc3)(c3ccccc3)C(c3cccc(-c4ccccn4)n3)=C2c2ccccc2)cc1. The van der Waals surface area contributed by atoms with Crippen molar-refractivity contribution in [2.75, 3.05) is 0 Å². The van der Waals surface area contributed by atoms with E-state index in [-0.39, 0.29) is 0 Å². The molecule has 1 aliphatic heterocycles. The van der Waals surface area contributed by atoms with E-state index in [4.69, 9.17) is 19.9 Å². The summed E-state index contributed by atoms with van der Waals surface area (Å²) in [5.74, 6) is 0. The Morgan fingerprint density at radius 3 is 1.00 bits per heavy atom. The third kappa shape index (κ3) is 5.74. The number of aromatic nitrogens is 4. The van der Waals surface area contributed by atoms with Crippen LogP contribution in [0.5, 0.6) is 0 Å². The topological polar surface area (TPSA) is 51.6 Å². The van der Waals surface area contributed by atoms with Crippen LogP contribution in [0.1, 0.15) is 22.5 Å². The van der Waals surface area contributed by atoms with E-state index >= 15 is 0 Å². The first-order chi connectivity index (χ1) is 26.3. The molecule has 0 radical (unpaired) electrons. The highest BCUT2D eigenvalue weighted by atomic mass is 28.3. The van der Waals surface area contributed by atoms with Crippen LogP contribution in [0.4, 0.5) is 0 Å². The number of nitrogens with zero attached hydrogens (tertiary/aromatic N) is 4. The Labute approximate surface area is 310 Å².